The Bertz CT molecular complexity index is 725. The van der Waals surface area contributed by atoms with Gasteiger partial charge < -0.3 is 9.05 Å². The van der Waals surface area contributed by atoms with E-state index in [-0.39, 0.29) is 18.9 Å². The van der Waals surface area contributed by atoms with Crippen LogP contribution < -0.4 is 0 Å². The van der Waals surface area contributed by atoms with Crippen LogP contribution in [0, 0.1) is 10.1 Å². The van der Waals surface area contributed by atoms with E-state index in [0.717, 1.165) is 9.80 Å². The molecule has 1 aromatic carbocycles. The monoisotopic (exact) mass is 407 g/mol. The molecule has 0 aromatic heterocycles. The highest BCUT2D eigenvalue weighted by atomic mass is 35.5. The summed E-state index contributed by atoms with van der Waals surface area (Å²) >= 11 is 8.72. The molecule has 6 nitrogen and oxygen atoms in total. The number of nitro groups is 1. The van der Waals surface area contributed by atoms with Gasteiger partial charge in [0.05, 0.1) is 22.4 Å². The second-order valence-corrected chi connectivity index (χ2v) is 9.65. The van der Waals surface area contributed by atoms with Crippen LogP contribution >= 0.6 is 42.7 Å². The number of benzene rings is 1. The average Bonchev–Trinajstić information content (AvgIpc) is 2.89. The summed E-state index contributed by atoms with van der Waals surface area (Å²) in [4.78, 5) is 10.2. The zero-order chi connectivity index (χ0) is 17.7. The van der Waals surface area contributed by atoms with Crippen LogP contribution in [0.5, 0.6) is 0 Å². The molecule has 10 heteroatoms. The van der Waals surface area contributed by atoms with Gasteiger partial charge in [-0.3, -0.25) is 14.7 Å². The molecule has 0 unspecified atom stereocenters. The summed E-state index contributed by atoms with van der Waals surface area (Å²) in [6.07, 6.45) is 1.82. The summed E-state index contributed by atoms with van der Waals surface area (Å²) in [5, 5.41) is 10.7. The second kappa shape index (κ2) is 8.56. The fraction of sp³-hybridized carbons (Fsp3) is 0.286. The minimum atomic E-state index is -3.43. The van der Waals surface area contributed by atoms with Gasteiger partial charge in [0.1, 0.15) is 9.01 Å². The zero-order valence-electron chi connectivity index (χ0n) is 12.9. The van der Waals surface area contributed by atoms with Crippen LogP contribution in [0.2, 0.25) is 0 Å². The zero-order valence-corrected chi connectivity index (χ0v) is 16.2. The van der Waals surface area contributed by atoms with Gasteiger partial charge in [-0.1, -0.05) is 35.1 Å². The third-order valence-electron chi connectivity index (χ3n) is 2.79. The molecule has 1 aliphatic rings. The van der Waals surface area contributed by atoms with Crippen molar-refractivity contribution in [3.63, 3.8) is 0 Å². The molecule has 0 radical (unpaired) electrons. The highest BCUT2D eigenvalue weighted by molar-refractivity contribution is 8.32. The van der Waals surface area contributed by atoms with Gasteiger partial charge in [0, 0.05) is 12.1 Å². The number of nitro benzene ring substituents is 1. The number of rotatable bonds is 7. The summed E-state index contributed by atoms with van der Waals surface area (Å²) in [7, 11) is -3.43. The molecule has 1 aliphatic heterocycles. The van der Waals surface area contributed by atoms with Crippen LogP contribution in [0.1, 0.15) is 19.4 Å². The summed E-state index contributed by atoms with van der Waals surface area (Å²) in [5.74, 6) is 0. The number of thioether (sulfide) groups is 2. The van der Waals surface area contributed by atoms with Gasteiger partial charge in [0.15, 0.2) is 0 Å². The van der Waals surface area contributed by atoms with Crippen molar-refractivity contribution in [3.05, 3.63) is 53.2 Å². The largest absolute Gasteiger partial charge is 0.370 e. The lowest BCUT2D eigenvalue weighted by molar-refractivity contribution is -0.384. The molecule has 24 heavy (non-hydrogen) atoms. The molecule has 0 N–H and O–H groups in total. The van der Waals surface area contributed by atoms with Crippen LogP contribution in [-0.2, 0) is 13.6 Å². The predicted molar refractivity (Wildman–Crippen MR) is 100.0 cm³/mol. The van der Waals surface area contributed by atoms with Gasteiger partial charge in [0.2, 0.25) is 0 Å². The number of hydrogen-bond acceptors (Lipinski definition) is 7. The SMILES string of the molecule is CCOP(=O)(OCC)C1=C(Cl)S/C(=C/c2ccc([N+](=O)[O-])cc2)S1. The number of non-ortho nitro benzene ring substituents is 1. The number of hydrogen-bond donors (Lipinski definition) is 0. The molecule has 0 amide bonds. The molecule has 0 atom stereocenters. The molecular formula is C14H15ClNO5PS2. The third kappa shape index (κ3) is 4.65. The van der Waals surface area contributed by atoms with Gasteiger partial charge in [0.25, 0.3) is 5.69 Å². The molecule has 1 heterocycles. The average molecular weight is 408 g/mol. The number of nitrogens with zero attached hydrogens (tertiary/aromatic N) is 1. The fourth-order valence-electron chi connectivity index (χ4n) is 1.83. The second-order valence-electron chi connectivity index (χ2n) is 4.43. The first-order valence-corrected chi connectivity index (χ1v) is 10.6. The highest BCUT2D eigenvalue weighted by Gasteiger charge is 2.38. The Morgan fingerprint density at radius 2 is 1.79 bits per heavy atom. The maximum atomic E-state index is 12.8. The van der Waals surface area contributed by atoms with Crippen molar-refractivity contribution < 1.29 is 18.5 Å². The van der Waals surface area contributed by atoms with E-state index >= 15 is 0 Å². The molecule has 0 spiro atoms. The smallest absolute Gasteiger partial charge is 0.305 e. The van der Waals surface area contributed by atoms with Gasteiger partial charge in [-0.05, 0) is 37.6 Å². The van der Waals surface area contributed by atoms with Gasteiger partial charge in [-0.2, -0.15) is 0 Å². The summed E-state index contributed by atoms with van der Waals surface area (Å²) in [5.41, 5.74) is 0.807. The van der Waals surface area contributed by atoms with E-state index in [1.54, 1.807) is 26.0 Å². The topological polar surface area (TPSA) is 78.7 Å². The Balaban J connectivity index is 2.20. The molecule has 130 valence electrons. The summed E-state index contributed by atoms with van der Waals surface area (Å²) in [6.45, 7) is 3.97. The minimum absolute atomic E-state index is 0.0258. The lowest BCUT2D eigenvalue weighted by atomic mass is 10.2. The minimum Gasteiger partial charge on any atom is -0.305 e. The highest BCUT2D eigenvalue weighted by Crippen LogP contribution is 2.69. The van der Waals surface area contributed by atoms with Crippen LogP contribution in [0.3, 0.4) is 0 Å². The first-order valence-electron chi connectivity index (χ1n) is 7.01. The third-order valence-corrected chi connectivity index (χ3v) is 8.52. The van der Waals surface area contributed by atoms with E-state index in [9.17, 15) is 14.7 Å². The van der Waals surface area contributed by atoms with Gasteiger partial charge in [-0.15, -0.1) is 0 Å². The van der Waals surface area contributed by atoms with Gasteiger partial charge >= 0.3 is 7.60 Å². The van der Waals surface area contributed by atoms with E-state index in [0.29, 0.717) is 9.01 Å². The van der Waals surface area contributed by atoms with Crippen molar-refractivity contribution in [1.82, 2.24) is 0 Å². The van der Waals surface area contributed by atoms with Crippen molar-refractivity contribution in [2.24, 2.45) is 0 Å². The maximum absolute atomic E-state index is 12.8. The Morgan fingerprint density at radius 3 is 2.29 bits per heavy atom. The van der Waals surface area contributed by atoms with Crippen molar-refractivity contribution in [1.29, 1.82) is 0 Å². The fourth-order valence-corrected chi connectivity index (χ4v) is 7.41. The molecule has 0 saturated heterocycles. The van der Waals surface area contributed by atoms with Crippen LogP contribution in [0.25, 0.3) is 6.08 Å². The standard InChI is InChI=1S/C14H15ClNO5PS2/c1-3-20-22(19,21-4-2)14-13(15)23-12(24-14)9-10-5-7-11(8-6-10)16(17)18/h5-9H,3-4H2,1-2H3/b12-9-. The molecule has 2 rings (SSSR count). The van der Waals surface area contributed by atoms with E-state index in [1.807, 2.05) is 6.08 Å². The summed E-state index contributed by atoms with van der Waals surface area (Å²) in [6, 6.07) is 6.14. The molecule has 0 saturated carbocycles. The normalized spacial score (nSPS) is 16.9. The maximum Gasteiger partial charge on any atom is 0.370 e. The Morgan fingerprint density at radius 1 is 1.21 bits per heavy atom. The molecule has 0 aliphatic carbocycles. The quantitative estimate of drug-likeness (QED) is 0.311. The van der Waals surface area contributed by atoms with Crippen molar-refractivity contribution in [2.45, 2.75) is 13.8 Å². The molecule has 0 bridgehead atoms. The van der Waals surface area contributed by atoms with Crippen LogP contribution in [0.4, 0.5) is 5.69 Å². The lowest BCUT2D eigenvalue weighted by Gasteiger charge is -2.17. The first-order chi connectivity index (χ1) is 11.4. The van der Waals surface area contributed by atoms with Crippen molar-refractivity contribution in [3.8, 4) is 0 Å². The van der Waals surface area contributed by atoms with E-state index in [4.69, 9.17) is 20.6 Å². The molecule has 0 fully saturated rings. The van der Waals surface area contributed by atoms with Crippen LogP contribution in [0.15, 0.2) is 37.5 Å². The lowest BCUT2D eigenvalue weighted by Crippen LogP contribution is -1.96. The van der Waals surface area contributed by atoms with E-state index in [1.165, 1.54) is 35.7 Å². The van der Waals surface area contributed by atoms with Crippen molar-refractivity contribution >= 4 is 54.5 Å². The first kappa shape index (κ1) is 19.6. The Labute approximate surface area is 153 Å². The predicted octanol–water partition coefficient (Wildman–Crippen LogP) is 6.00. The van der Waals surface area contributed by atoms with E-state index in [2.05, 4.69) is 0 Å². The molecule has 1 aromatic rings. The van der Waals surface area contributed by atoms with Gasteiger partial charge in [-0.25, -0.2) is 0 Å². The van der Waals surface area contributed by atoms with Crippen LogP contribution in [-0.4, -0.2) is 18.1 Å². The van der Waals surface area contributed by atoms with E-state index < -0.39 is 12.5 Å². The van der Waals surface area contributed by atoms with Crippen molar-refractivity contribution in [2.75, 3.05) is 13.2 Å². The Hall–Kier alpha value is -0.760. The molecular weight excluding hydrogens is 393 g/mol. The Kier molecular flexibility index (Phi) is 6.98. The summed E-state index contributed by atoms with van der Waals surface area (Å²) < 4.78 is 25.0. The number of halogens is 1.